The lowest BCUT2D eigenvalue weighted by molar-refractivity contribution is -0.0530. The molecule has 0 aliphatic carbocycles. The number of amides is 2. The fraction of sp³-hybridized carbons (Fsp3) is 0.353. The van der Waals surface area contributed by atoms with Crippen LogP contribution in [0.1, 0.15) is 13.8 Å². The van der Waals surface area contributed by atoms with Crippen molar-refractivity contribution in [2.24, 2.45) is 0 Å². The van der Waals surface area contributed by atoms with Crippen LogP contribution in [0.2, 0.25) is 0 Å². The number of carbonyl (C=O) groups excluding carboxylic acids is 1. The van der Waals surface area contributed by atoms with E-state index in [0.29, 0.717) is 13.1 Å². The summed E-state index contributed by atoms with van der Waals surface area (Å²) >= 11 is 0. The van der Waals surface area contributed by atoms with Gasteiger partial charge in [-0.25, -0.2) is 4.79 Å². The van der Waals surface area contributed by atoms with E-state index in [-0.39, 0.29) is 18.2 Å². The van der Waals surface area contributed by atoms with E-state index in [1.54, 1.807) is 0 Å². The molecule has 21 heavy (non-hydrogen) atoms. The highest BCUT2D eigenvalue weighted by atomic mass is 16.5. The first-order chi connectivity index (χ1) is 10.1. The van der Waals surface area contributed by atoms with Crippen molar-refractivity contribution in [3.05, 3.63) is 42.5 Å². The predicted molar refractivity (Wildman–Crippen MR) is 84.5 cm³/mol. The Labute approximate surface area is 124 Å². The summed E-state index contributed by atoms with van der Waals surface area (Å²) in [4.78, 5) is 14.2. The Hall–Kier alpha value is -2.07. The van der Waals surface area contributed by atoms with Gasteiger partial charge in [-0.2, -0.15) is 0 Å². The summed E-state index contributed by atoms with van der Waals surface area (Å²) in [5.41, 5.74) is 0.825. The van der Waals surface area contributed by atoms with Crippen LogP contribution in [0.5, 0.6) is 0 Å². The number of carbonyl (C=O) groups is 1. The standard InChI is InChI=1S/C17H20N2O2/c1-12-10-19(11-13(2)21-12)17(20)18-16-8-7-14-5-3-4-6-15(14)9-16/h3-9,12-13H,10-11H2,1-2H3,(H,18,20). The molecule has 1 fully saturated rings. The van der Waals surface area contributed by atoms with Gasteiger partial charge >= 0.3 is 6.03 Å². The summed E-state index contributed by atoms with van der Waals surface area (Å²) in [6, 6.07) is 14.0. The van der Waals surface area contributed by atoms with E-state index in [1.165, 1.54) is 5.39 Å². The van der Waals surface area contributed by atoms with Crippen molar-refractivity contribution >= 4 is 22.5 Å². The highest BCUT2D eigenvalue weighted by Gasteiger charge is 2.25. The molecule has 2 aromatic carbocycles. The number of morpholine rings is 1. The van der Waals surface area contributed by atoms with Gasteiger partial charge in [0.2, 0.25) is 0 Å². The first-order valence-corrected chi connectivity index (χ1v) is 7.32. The summed E-state index contributed by atoms with van der Waals surface area (Å²) in [7, 11) is 0. The van der Waals surface area contributed by atoms with E-state index in [4.69, 9.17) is 4.74 Å². The van der Waals surface area contributed by atoms with E-state index in [1.807, 2.05) is 55.1 Å². The van der Waals surface area contributed by atoms with Gasteiger partial charge in [0.25, 0.3) is 0 Å². The number of benzene rings is 2. The van der Waals surface area contributed by atoms with Crippen LogP contribution in [0.15, 0.2) is 42.5 Å². The highest BCUT2D eigenvalue weighted by molar-refractivity contribution is 5.93. The molecule has 0 radical (unpaired) electrons. The molecule has 0 bridgehead atoms. The molecular weight excluding hydrogens is 264 g/mol. The van der Waals surface area contributed by atoms with E-state index in [2.05, 4.69) is 11.4 Å². The predicted octanol–water partition coefficient (Wildman–Crippen LogP) is 3.48. The zero-order chi connectivity index (χ0) is 14.8. The topological polar surface area (TPSA) is 41.6 Å². The van der Waals surface area contributed by atoms with Gasteiger partial charge < -0.3 is 15.0 Å². The van der Waals surface area contributed by atoms with Gasteiger partial charge in [-0.1, -0.05) is 30.3 Å². The van der Waals surface area contributed by atoms with Crippen molar-refractivity contribution in [1.29, 1.82) is 0 Å². The molecule has 1 aliphatic heterocycles. The average molecular weight is 284 g/mol. The quantitative estimate of drug-likeness (QED) is 0.871. The van der Waals surface area contributed by atoms with Gasteiger partial charge in [-0.3, -0.25) is 0 Å². The summed E-state index contributed by atoms with van der Waals surface area (Å²) in [5, 5.41) is 5.27. The number of urea groups is 1. The Kier molecular flexibility index (Phi) is 3.80. The lowest BCUT2D eigenvalue weighted by Gasteiger charge is -2.35. The van der Waals surface area contributed by atoms with Gasteiger partial charge in [0, 0.05) is 18.8 Å². The molecule has 4 nitrogen and oxygen atoms in total. The number of nitrogens with zero attached hydrogens (tertiary/aromatic N) is 1. The smallest absolute Gasteiger partial charge is 0.322 e. The monoisotopic (exact) mass is 284 g/mol. The van der Waals surface area contributed by atoms with Crippen LogP contribution in [0, 0.1) is 0 Å². The number of nitrogens with one attached hydrogen (secondary N) is 1. The van der Waals surface area contributed by atoms with Crippen LogP contribution >= 0.6 is 0 Å². The second-order valence-corrected chi connectivity index (χ2v) is 5.65. The normalized spacial score (nSPS) is 22.3. The largest absolute Gasteiger partial charge is 0.372 e. The lowest BCUT2D eigenvalue weighted by Crippen LogP contribution is -2.49. The minimum absolute atomic E-state index is 0.0627. The fourth-order valence-corrected chi connectivity index (χ4v) is 2.81. The van der Waals surface area contributed by atoms with Gasteiger partial charge in [0.15, 0.2) is 0 Å². The number of hydrogen-bond acceptors (Lipinski definition) is 2. The van der Waals surface area contributed by atoms with Crippen LogP contribution in [0.25, 0.3) is 10.8 Å². The van der Waals surface area contributed by atoms with Crippen LogP contribution in [0.4, 0.5) is 10.5 Å². The minimum Gasteiger partial charge on any atom is -0.372 e. The maximum atomic E-state index is 12.4. The zero-order valence-corrected chi connectivity index (χ0v) is 12.4. The van der Waals surface area contributed by atoms with Crippen molar-refractivity contribution in [2.75, 3.05) is 18.4 Å². The fourth-order valence-electron chi connectivity index (χ4n) is 2.81. The number of ether oxygens (including phenoxy) is 1. The molecule has 3 rings (SSSR count). The zero-order valence-electron chi connectivity index (χ0n) is 12.4. The summed E-state index contributed by atoms with van der Waals surface area (Å²) in [6.45, 7) is 5.24. The lowest BCUT2D eigenvalue weighted by atomic mass is 10.1. The second kappa shape index (κ2) is 5.74. The molecule has 1 N–H and O–H groups in total. The molecule has 2 unspecified atom stereocenters. The van der Waals surface area contributed by atoms with Crippen LogP contribution in [-0.2, 0) is 4.74 Å². The minimum atomic E-state index is -0.0627. The first-order valence-electron chi connectivity index (χ1n) is 7.32. The number of fused-ring (bicyclic) bond motifs is 1. The maximum Gasteiger partial charge on any atom is 0.322 e. The average Bonchev–Trinajstić information content (AvgIpc) is 2.46. The third-order valence-electron chi connectivity index (χ3n) is 3.71. The van der Waals surface area contributed by atoms with Gasteiger partial charge in [-0.15, -0.1) is 0 Å². The van der Waals surface area contributed by atoms with E-state index in [0.717, 1.165) is 11.1 Å². The molecule has 1 heterocycles. The Morgan fingerprint density at radius 3 is 2.48 bits per heavy atom. The van der Waals surface area contributed by atoms with E-state index in [9.17, 15) is 4.79 Å². The van der Waals surface area contributed by atoms with E-state index < -0.39 is 0 Å². The molecule has 0 saturated carbocycles. The van der Waals surface area contributed by atoms with Crippen molar-refractivity contribution in [1.82, 2.24) is 4.90 Å². The van der Waals surface area contributed by atoms with Crippen LogP contribution < -0.4 is 5.32 Å². The van der Waals surface area contributed by atoms with E-state index >= 15 is 0 Å². The number of rotatable bonds is 1. The molecule has 2 atom stereocenters. The van der Waals surface area contributed by atoms with Crippen molar-refractivity contribution < 1.29 is 9.53 Å². The van der Waals surface area contributed by atoms with Gasteiger partial charge in [-0.05, 0) is 36.8 Å². The number of anilines is 1. The third-order valence-corrected chi connectivity index (χ3v) is 3.71. The molecule has 4 heteroatoms. The van der Waals surface area contributed by atoms with Crippen molar-refractivity contribution in [2.45, 2.75) is 26.1 Å². The summed E-state index contributed by atoms with van der Waals surface area (Å²) < 4.78 is 5.65. The molecule has 110 valence electrons. The molecule has 2 amide bonds. The van der Waals surface area contributed by atoms with Crippen LogP contribution in [0.3, 0.4) is 0 Å². The molecule has 1 aliphatic rings. The molecule has 0 aromatic heterocycles. The Morgan fingerprint density at radius 2 is 1.76 bits per heavy atom. The van der Waals surface area contributed by atoms with Crippen molar-refractivity contribution in [3.63, 3.8) is 0 Å². The molecule has 2 aromatic rings. The second-order valence-electron chi connectivity index (χ2n) is 5.65. The Morgan fingerprint density at radius 1 is 1.10 bits per heavy atom. The Bertz CT molecular complexity index is 646. The molecular formula is C17H20N2O2. The molecule has 0 spiro atoms. The van der Waals surface area contributed by atoms with Gasteiger partial charge in [0.05, 0.1) is 12.2 Å². The van der Waals surface area contributed by atoms with Crippen LogP contribution in [-0.4, -0.2) is 36.2 Å². The number of hydrogen-bond donors (Lipinski definition) is 1. The summed E-state index contributed by atoms with van der Waals surface area (Å²) in [6.07, 6.45) is 0.159. The summed E-state index contributed by atoms with van der Waals surface area (Å²) in [5.74, 6) is 0. The SMILES string of the molecule is CC1CN(C(=O)Nc2ccc3ccccc3c2)CC(C)O1. The van der Waals surface area contributed by atoms with Crippen molar-refractivity contribution in [3.8, 4) is 0 Å². The highest BCUT2D eigenvalue weighted by Crippen LogP contribution is 2.20. The molecule has 1 saturated heterocycles. The third kappa shape index (κ3) is 3.16. The van der Waals surface area contributed by atoms with Gasteiger partial charge in [0.1, 0.15) is 0 Å². The Balaban J connectivity index is 1.73. The maximum absolute atomic E-state index is 12.4. The first kappa shape index (κ1) is 13.9.